The third-order valence-corrected chi connectivity index (χ3v) is 6.42. The van der Waals surface area contributed by atoms with E-state index in [-0.39, 0.29) is 12.3 Å². The lowest BCUT2D eigenvalue weighted by molar-refractivity contribution is -0.131. The van der Waals surface area contributed by atoms with E-state index in [1.807, 2.05) is 26.8 Å². The summed E-state index contributed by atoms with van der Waals surface area (Å²) in [5.74, 6) is -1.12. The van der Waals surface area contributed by atoms with Gasteiger partial charge in [-0.3, -0.25) is 14.5 Å². The van der Waals surface area contributed by atoms with Gasteiger partial charge in [0.05, 0.1) is 6.54 Å². The van der Waals surface area contributed by atoms with Crippen molar-refractivity contribution in [1.82, 2.24) is 14.8 Å². The maximum absolute atomic E-state index is 13.5. The lowest BCUT2D eigenvalue weighted by atomic mass is 9.84. The lowest BCUT2D eigenvalue weighted by Gasteiger charge is -2.27. The van der Waals surface area contributed by atoms with E-state index in [0.717, 1.165) is 35.6 Å². The van der Waals surface area contributed by atoms with Gasteiger partial charge >= 0.3 is 6.03 Å². The number of aryl methyl sites for hydroxylation is 1. The number of ketones is 1. The Morgan fingerprint density at radius 1 is 1.19 bits per heavy atom. The van der Waals surface area contributed by atoms with Crippen LogP contribution in [-0.4, -0.2) is 33.7 Å². The van der Waals surface area contributed by atoms with Crippen LogP contribution in [0.4, 0.5) is 9.18 Å². The minimum absolute atomic E-state index is 0.256. The van der Waals surface area contributed by atoms with Gasteiger partial charge in [0, 0.05) is 23.0 Å². The quantitative estimate of drug-likeness (QED) is 0.503. The first kappa shape index (κ1) is 21.3. The average molecular weight is 426 g/mol. The van der Waals surface area contributed by atoms with Crippen molar-refractivity contribution in [3.05, 3.63) is 58.7 Å². The molecule has 1 saturated heterocycles. The van der Waals surface area contributed by atoms with Crippen LogP contribution < -0.4 is 5.32 Å². The molecule has 2 aromatic rings. The van der Waals surface area contributed by atoms with Crippen molar-refractivity contribution in [1.29, 1.82) is 0 Å². The maximum Gasteiger partial charge on any atom is 0.325 e. The van der Waals surface area contributed by atoms with Gasteiger partial charge in [0.15, 0.2) is 5.78 Å². The third kappa shape index (κ3) is 3.66. The summed E-state index contributed by atoms with van der Waals surface area (Å²) in [6, 6.07) is 7.31. The largest absolute Gasteiger partial charge is 0.345 e. The molecule has 1 aromatic heterocycles. The first-order valence-electron chi connectivity index (χ1n) is 10.9. The number of imide groups is 1. The fourth-order valence-electron chi connectivity index (χ4n) is 4.64. The van der Waals surface area contributed by atoms with Crippen molar-refractivity contribution in [3.8, 4) is 0 Å². The van der Waals surface area contributed by atoms with Crippen LogP contribution in [0.3, 0.4) is 0 Å². The van der Waals surface area contributed by atoms with Crippen LogP contribution in [0.25, 0.3) is 0 Å². The Hall–Kier alpha value is -2.96. The molecule has 1 saturated carbocycles. The fourth-order valence-corrected chi connectivity index (χ4v) is 4.64. The highest BCUT2D eigenvalue weighted by atomic mass is 19.1. The Bertz CT molecular complexity index is 1040. The van der Waals surface area contributed by atoms with E-state index in [1.165, 1.54) is 24.3 Å². The predicted molar refractivity (Wildman–Crippen MR) is 114 cm³/mol. The molecular formula is C24H28FN3O3. The summed E-state index contributed by atoms with van der Waals surface area (Å²) < 4.78 is 15.6. The molecular weight excluding hydrogens is 397 g/mol. The van der Waals surface area contributed by atoms with Crippen molar-refractivity contribution in [3.63, 3.8) is 0 Å². The molecule has 1 N–H and O–H groups in total. The lowest BCUT2D eigenvalue weighted by Crippen LogP contribution is -2.44. The third-order valence-electron chi connectivity index (χ3n) is 6.42. The van der Waals surface area contributed by atoms with Gasteiger partial charge in [-0.2, -0.15) is 0 Å². The molecule has 0 bridgehead atoms. The first-order chi connectivity index (χ1) is 14.8. The molecule has 1 aliphatic heterocycles. The smallest absolute Gasteiger partial charge is 0.325 e. The number of carbonyl (C=O) groups is 3. The van der Waals surface area contributed by atoms with Gasteiger partial charge in [-0.1, -0.05) is 31.9 Å². The Kier molecular flexibility index (Phi) is 5.45. The molecule has 0 unspecified atom stereocenters. The van der Waals surface area contributed by atoms with E-state index in [9.17, 15) is 18.8 Å². The molecule has 4 rings (SSSR count). The first-order valence-corrected chi connectivity index (χ1v) is 10.9. The molecule has 7 heteroatoms. The number of carbonyl (C=O) groups excluding carboxylic acids is 3. The number of amides is 3. The number of benzene rings is 1. The second kappa shape index (κ2) is 7.94. The van der Waals surface area contributed by atoms with Crippen LogP contribution in [0, 0.1) is 19.7 Å². The van der Waals surface area contributed by atoms with Crippen LogP contribution in [0.2, 0.25) is 0 Å². The standard InChI is InChI=1S/C24H28FN3O3/c1-4-5-12-24(17-6-8-18(25)9-7-17)22(30)27(23(31)26-24)14-21(29)20-13-15(2)28(16(20)3)19-10-11-19/h6-9,13,19H,4-5,10-12,14H2,1-3H3,(H,26,31)/t24-/m1/s1. The number of unbranched alkanes of at least 4 members (excludes halogenated alkanes) is 1. The van der Waals surface area contributed by atoms with Gasteiger partial charge in [-0.05, 0) is 56.9 Å². The molecule has 2 fully saturated rings. The van der Waals surface area contributed by atoms with E-state index >= 15 is 0 Å². The normalized spacial score (nSPS) is 21.0. The number of Topliss-reactive ketones (excluding diaryl/α,β-unsaturated/α-hetero) is 1. The Morgan fingerprint density at radius 2 is 1.87 bits per heavy atom. The molecule has 164 valence electrons. The highest BCUT2D eigenvalue weighted by molar-refractivity contribution is 6.11. The molecule has 2 heterocycles. The van der Waals surface area contributed by atoms with E-state index in [1.54, 1.807) is 0 Å². The Labute approximate surface area is 181 Å². The molecule has 0 radical (unpaired) electrons. The number of hydrogen-bond donors (Lipinski definition) is 1. The van der Waals surface area contributed by atoms with Crippen molar-refractivity contribution < 1.29 is 18.8 Å². The highest BCUT2D eigenvalue weighted by Gasteiger charge is 2.52. The minimum atomic E-state index is -1.27. The second-order valence-electron chi connectivity index (χ2n) is 8.65. The molecule has 2 aliphatic rings. The number of rotatable bonds is 8. The van der Waals surface area contributed by atoms with E-state index < -0.39 is 23.3 Å². The molecule has 6 nitrogen and oxygen atoms in total. The summed E-state index contributed by atoms with van der Waals surface area (Å²) in [6.45, 7) is 5.57. The van der Waals surface area contributed by atoms with Crippen LogP contribution in [0.1, 0.15) is 72.4 Å². The van der Waals surface area contributed by atoms with Gasteiger partial charge in [-0.15, -0.1) is 0 Å². The van der Waals surface area contributed by atoms with Gasteiger partial charge in [0.25, 0.3) is 5.91 Å². The minimum Gasteiger partial charge on any atom is -0.345 e. The fraction of sp³-hybridized carbons (Fsp3) is 0.458. The highest BCUT2D eigenvalue weighted by Crippen LogP contribution is 2.39. The van der Waals surface area contributed by atoms with E-state index in [0.29, 0.717) is 30.0 Å². The molecule has 1 aromatic carbocycles. The monoisotopic (exact) mass is 425 g/mol. The van der Waals surface area contributed by atoms with Crippen molar-refractivity contribution in [2.75, 3.05) is 6.54 Å². The van der Waals surface area contributed by atoms with Crippen LogP contribution in [0.15, 0.2) is 30.3 Å². The zero-order valence-electron chi connectivity index (χ0n) is 18.2. The number of nitrogens with zero attached hydrogens (tertiary/aromatic N) is 2. The summed E-state index contributed by atoms with van der Waals surface area (Å²) in [4.78, 5) is 40.4. The topological polar surface area (TPSA) is 71.4 Å². The molecule has 0 spiro atoms. The Morgan fingerprint density at radius 3 is 2.48 bits per heavy atom. The van der Waals surface area contributed by atoms with Crippen molar-refractivity contribution in [2.24, 2.45) is 0 Å². The second-order valence-corrected chi connectivity index (χ2v) is 8.65. The Balaban J connectivity index is 1.61. The van der Waals surface area contributed by atoms with Crippen LogP contribution in [-0.2, 0) is 10.3 Å². The number of halogens is 1. The number of hydrogen-bond acceptors (Lipinski definition) is 3. The predicted octanol–water partition coefficient (Wildman–Crippen LogP) is 4.40. The van der Waals surface area contributed by atoms with Crippen LogP contribution in [0.5, 0.6) is 0 Å². The summed E-state index contributed by atoms with van der Waals surface area (Å²) in [7, 11) is 0. The number of nitrogens with one attached hydrogen (secondary N) is 1. The summed E-state index contributed by atoms with van der Waals surface area (Å²) in [5.41, 5.74) is 1.71. The summed E-state index contributed by atoms with van der Waals surface area (Å²) in [5, 5.41) is 2.81. The van der Waals surface area contributed by atoms with Crippen LogP contribution >= 0.6 is 0 Å². The number of urea groups is 1. The van der Waals surface area contributed by atoms with Gasteiger partial charge in [0.2, 0.25) is 0 Å². The molecule has 1 atom stereocenters. The van der Waals surface area contributed by atoms with Gasteiger partial charge in [-0.25, -0.2) is 9.18 Å². The summed E-state index contributed by atoms with van der Waals surface area (Å²) >= 11 is 0. The molecule has 1 aliphatic carbocycles. The average Bonchev–Trinajstić information content (AvgIpc) is 3.48. The zero-order valence-corrected chi connectivity index (χ0v) is 18.2. The molecule has 31 heavy (non-hydrogen) atoms. The van der Waals surface area contributed by atoms with E-state index in [2.05, 4.69) is 9.88 Å². The zero-order chi connectivity index (χ0) is 22.3. The van der Waals surface area contributed by atoms with Crippen molar-refractivity contribution >= 4 is 17.7 Å². The number of aromatic nitrogens is 1. The van der Waals surface area contributed by atoms with Gasteiger partial charge in [0.1, 0.15) is 11.4 Å². The maximum atomic E-state index is 13.5. The molecule has 3 amide bonds. The SMILES string of the molecule is CCCC[C@]1(c2ccc(F)cc2)NC(=O)N(CC(=O)c2cc(C)n(C3CC3)c2C)C1=O. The van der Waals surface area contributed by atoms with Crippen molar-refractivity contribution in [2.45, 2.75) is 64.5 Å². The van der Waals surface area contributed by atoms with E-state index in [4.69, 9.17) is 0 Å². The van der Waals surface area contributed by atoms with Gasteiger partial charge < -0.3 is 9.88 Å². The summed E-state index contributed by atoms with van der Waals surface area (Å²) in [6.07, 6.45) is 4.13.